The van der Waals surface area contributed by atoms with Gasteiger partial charge in [-0.05, 0) is 49.0 Å². The fourth-order valence-corrected chi connectivity index (χ4v) is 4.85. The molecule has 1 heterocycles. The molecule has 1 saturated carbocycles. The van der Waals surface area contributed by atoms with Crippen molar-refractivity contribution >= 4 is 5.83 Å². The summed E-state index contributed by atoms with van der Waals surface area (Å²) in [7, 11) is 0. The highest BCUT2D eigenvalue weighted by molar-refractivity contribution is 5.59. The van der Waals surface area contributed by atoms with Crippen LogP contribution in [0.4, 0.5) is 17.6 Å². The highest BCUT2D eigenvalue weighted by Crippen LogP contribution is 2.41. The number of benzene rings is 1. The molecular formula is C23H30F4O. The normalized spacial score (nSPS) is 29.7. The quantitative estimate of drug-likeness (QED) is 0.463. The predicted molar refractivity (Wildman–Crippen MR) is 103 cm³/mol. The van der Waals surface area contributed by atoms with Crippen LogP contribution >= 0.6 is 0 Å². The average Bonchev–Trinajstić information content (AvgIpc) is 2.68. The summed E-state index contributed by atoms with van der Waals surface area (Å²) in [5.41, 5.74) is 0.854. The molecule has 2 fully saturated rings. The van der Waals surface area contributed by atoms with Crippen molar-refractivity contribution in [2.24, 2.45) is 17.8 Å². The summed E-state index contributed by atoms with van der Waals surface area (Å²) in [6.07, 6.45) is 4.97. The zero-order chi connectivity index (χ0) is 20.1. The van der Waals surface area contributed by atoms with Gasteiger partial charge in [0.05, 0.1) is 18.8 Å². The molecule has 5 heteroatoms. The van der Waals surface area contributed by atoms with E-state index in [1.807, 2.05) is 0 Å². The molecule has 2 unspecified atom stereocenters. The van der Waals surface area contributed by atoms with E-state index < -0.39 is 12.0 Å². The van der Waals surface area contributed by atoms with Crippen LogP contribution in [0.3, 0.4) is 0 Å². The van der Waals surface area contributed by atoms with Crippen LogP contribution in [0.2, 0.25) is 0 Å². The lowest BCUT2D eigenvalue weighted by Gasteiger charge is -2.38. The molecule has 2 atom stereocenters. The van der Waals surface area contributed by atoms with E-state index in [2.05, 4.69) is 6.92 Å². The van der Waals surface area contributed by atoms with Gasteiger partial charge in [0.1, 0.15) is 5.83 Å². The predicted octanol–water partition coefficient (Wildman–Crippen LogP) is 7.63. The van der Waals surface area contributed by atoms with E-state index in [9.17, 15) is 17.6 Å². The van der Waals surface area contributed by atoms with E-state index in [-0.39, 0.29) is 17.7 Å². The van der Waals surface area contributed by atoms with Gasteiger partial charge in [0, 0.05) is 5.56 Å². The van der Waals surface area contributed by atoms with Gasteiger partial charge in [-0.2, -0.15) is 13.2 Å². The van der Waals surface area contributed by atoms with Gasteiger partial charge < -0.3 is 4.74 Å². The maximum absolute atomic E-state index is 13.6. The Morgan fingerprint density at radius 2 is 1.64 bits per heavy atom. The SMILES string of the molecule is CCCC1CCC(C2CCC(c3ccc(C(F)=CC(F)(F)F)cc3)OC2)CC1. The van der Waals surface area contributed by atoms with Gasteiger partial charge in [-0.15, -0.1) is 0 Å². The Bertz CT molecular complexity index is 634. The van der Waals surface area contributed by atoms with Gasteiger partial charge in [0.15, 0.2) is 0 Å². The highest BCUT2D eigenvalue weighted by Gasteiger charge is 2.31. The first-order chi connectivity index (χ1) is 13.4. The monoisotopic (exact) mass is 398 g/mol. The van der Waals surface area contributed by atoms with E-state index in [0.717, 1.165) is 36.8 Å². The van der Waals surface area contributed by atoms with E-state index in [1.54, 1.807) is 12.1 Å². The third-order valence-electron chi connectivity index (χ3n) is 6.41. The van der Waals surface area contributed by atoms with Crippen molar-refractivity contribution in [3.05, 3.63) is 41.5 Å². The molecule has 1 nitrogen and oxygen atoms in total. The Balaban J connectivity index is 1.51. The molecule has 0 spiro atoms. The maximum atomic E-state index is 13.6. The topological polar surface area (TPSA) is 9.23 Å². The highest BCUT2D eigenvalue weighted by atomic mass is 19.4. The van der Waals surface area contributed by atoms with Crippen molar-refractivity contribution in [1.29, 1.82) is 0 Å². The molecule has 156 valence electrons. The molecule has 1 aromatic carbocycles. The van der Waals surface area contributed by atoms with Gasteiger partial charge in [0.25, 0.3) is 0 Å². The average molecular weight is 398 g/mol. The second-order valence-electron chi connectivity index (χ2n) is 8.38. The summed E-state index contributed by atoms with van der Waals surface area (Å²) in [5.74, 6) is 1.02. The van der Waals surface area contributed by atoms with E-state index in [1.165, 1.54) is 50.7 Å². The first kappa shape index (κ1) is 21.4. The standard InChI is InChI=1S/C23H30F4O/c1-2-3-16-4-6-17(7-5-16)20-12-13-22(28-15-20)19-10-8-18(9-11-19)21(24)14-23(25,26)27/h8-11,14,16-17,20,22H,2-7,12-13,15H2,1H3. The maximum Gasteiger partial charge on any atom is 0.412 e. The van der Waals surface area contributed by atoms with Crippen LogP contribution < -0.4 is 0 Å². The van der Waals surface area contributed by atoms with Gasteiger partial charge in [-0.25, -0.2) is 4.39 Å². The molecule has 0 amide bonds. The molecular weight excluding hydrogens is 368 g/mol. The molecule has 3 rings (SSSR count). The third-order valence-corrected chi connectivity index (χ3v) is 6.41. The molecule has 1 aliphatic heterocycles. The molecule has 0 radical (unpaired) electrons. The fourth-order valence-electron chi connectivity index (χ4n) is 4.85. The minimum Gasteiger partial charge on any atom is -0.373 e. The lowest BCUT2D eigenvalue weighted by molar-refractivity contribution is -0.0798. The second-order valence-corrected chi connectivity index (χ2v) is 8.38. The molecule has 0 aromatic heterocycles. The zero-order valence-corrected chi connectivity index (χ0v) is 16.5. The van der Waals surface area contributed by atoms with Gasteiger partial charge >= 0.3 is 6.18 Å². The molecule has 0 N–H and O–H groups in total. The van der Waals surface area contributed by atoms with Crippen LogP contribution in [0.1, 0.15) is 75.5 Å². The van der Waals surface area contributed by atoms with Crippen molar-refractivity contribution in [1.82, 2.24) is 0 Å². The lowest BCUT2D eigenvalue weighted by Crippen LogP contribution is -2.29. The Labute approximate surface area is 165 Å². The first-order valence-electron chi connectivity index (χ1n) is 10.5. The Kier molecular flexibility index (Phi) is 7.19. The van der Waals surface area contributed by atoms with Crippen molar-refractivity contribution in [2.45, 2.75) is 70.6 Å². The minimum absolute atomic E-state index is 0.0450. The second kappa shape index (κ2) is 9.43. The van der Waals surface area contributed by atoms with Gasteiger partial charge in [0.2, 0.25) is 0 Å². The Morgan fingerprint density at radius 3 is 2.18 bits per heavy atom. The van der Waals surface area contributed by atoms with Crippen molar-refractivity contribution in [2.75, 3.05) is 6.61 Å². The van der Waals surface area contributed by atoms with Gasteiger partial charge in [-0.3, -0.25) is 0 Å². The number of halogens is 4. The summed E-state index contributed by atoms with van der Waals surface area (Å²) >= 11 is 0. The number of hydrogen-bond acceptors (Lipinski definition) is 1. The number of allylic oxidation sites excluding steroid dienone is 1. The molecule has 0 bridgehead atoms. The zero-order valence-electron chi connectivity index (χ0n) is 16.5. The summed E-state index contributed by atoms with van der Waals surface area (Å²) in [4.78, 5) is 0. The molecule has 1 saturated heterocycles. The fraction of sp³-hybridized carbons (Fsp3) is 0.652. The van der Waals surface area contributed by atoms with Crippen LogP contribution in [0, 0.1) is 17.8 Å². The van der Waals surface area contributed by atoms with E-state index in [0.29, 0.717) is 5.92 Å². The summed E-state index contributed by atoms with van der Waals surface area (Å²) in [5, 5.41) is 0. The lowest BCUT2D eigenvalue weighted by atomic mass is 9.73. The Hall–Kier alpha value is -1.36. The third kappa shape index (κ3) is 5.82. The largest absolute Gasteiger partial charge is 0.412 e. The van der Waals surface area contributed by atoms with Crippen molar-refractivity contribution in [3.8, 4) is 0 Å². The first-order valence-corrected chi connectivity index (χ1v) is 10.5. The molecule has 28 heavy (non-hydrogen) atoms. The van der Waals surface area contributed by atoms with Crippen LogP contribution in [0.5, 0.6) is 0 Å². The van der Waals surface area contributed by atoms with E-state index in [4.69, 9.17) is 4.74 Å². The van der Waals surface area contributed by atoms with Crippen LogP contribution in [-0.4, -0.2) is 12.8 Å². The van der Waals surface area contributed by atoms with Crippen LogP contribution in [0.25, 0.3) is 5.83 Å². The van der Waals surface area contributed by atoms with Crippen LogP contribution in [-0.2, 0) is 4.74 Å². The molecule has 1 aliphatic carbocycles. The summed E-state index contributed by atoms with van der Waals surface area (Å²) < 4.78 is 56.6. The van der Waals surface area contributed by atoms with Gasteiger partial charge in [-0.1, -0.05) is 56.9 Å². The van der Waals surface area contributed by atoms with Crippen molar-refractivity contribution < 1.29 is 22.3 Å². The number of alkyl halides is 3. The molecule has 1 aromatic rings. The van der Waals surface area contributed by atoms with E-state index >= 15 is 0 Å². The van der Waals surface area contributed by atoms with Crippen molar-refractivity contribution in [3.63, 3.8) is 0 Å². The number of ether oxygens (including phenoxy) is 1. The number of rotatable bonds is 5. The Morgan fingerprint density at radius 1 is 1.00 bits per heavy atom. The van der Waals surface area contributed by atoms with Crippen LogP contribution in [0.15, 0.2) is 30.3 Å². The summed E-state index contributed by atoms with van der Waals surface area (Å²) in [6, 6.07) is 6.16. The molecule has 2 aliphatic rings. The smallest absolute Gasteiger partial charge is 0.373 e. The summed E-state index contributed by atoms with van der Waals surface area (Å²) in [6.45, 7) is 3.01. The minimum atomic E-state index is -4.65. The number of hydrogen-bond donors (Lipinski definition) is 0.